The van der Waals surface area contributed by atoms with Crippen molar-refractivity contribution in [1.29, 1.82) is 0 Å². The Labute approximate surface area is 194 Å². The number of pyridine rings is 1. The lowest BCUT2D eigenvalue weighted by Gasteiger charge is -2.09. The number of rotatable bonds is 8. The molecular formula is C23H19ClN4O5. The summed E-state index contributed by atoms with van der Waals surface area (Å²) in [5.74, 6) is 1.06. The number of nitrogens with one attached hydrogen (secondary N) is 2. The third-order valence-corrected chi connectivity index (χ3v) is 4.90. The molecule has 33 heavy (non-hydrogen) atoms. The molecule has 0 fully saturated rings. The van der Waals surface area contributed by atoms with Gasteiger partial charge in [0.25, 0.3) is 11.8 Å². The van der Waals surface area contributed by atoms with Crippen molar-refractivity contribution in [1.82, 2.24) is 15.7 Å². The normalized spacial score (nSPS) is 11.9. The highest BCUT2D eigenvalue weighted by atomic mass is 35.5. The first-order valence-electron chi connectivity index (χ1n) is 9.89. The molecule has 4 rings (SSSR count). The lowest BCUT2D eigenvalue weighted by molar-refractivity contribution is -0.120. The molecule has 2 aromatic carbocycles. The highest BCUT2D eigenvalue weighted by Gasteiger charge is 2.16. The molecule has 0 saturated heterocycles. The molecule has 2 heterocycles. The van der Waals surface area contributed by atoms with Gasteiger partial charge in [-0.1, -0.05) is 11.6 Å². The molecule has 3 aromatic rings. The predicted molar refractivity (Wildman–Crippen MR) is 121 cm³/mol. The minimum Gasteiger partial charge on any atom is -0.489 e. The van der Waals surface area contributed by atoms with Crippen LogP contribution >= 0.6 is 11.6 Å². The van der Waals surface area contributed by atoms with Crippen molar-refractivity contribution < 1.29 is 23.8 Å². The quantitative estimate of drug-likeness (QED) is 0.390. The summed E-state index contributed by atoms with van der Waals surface area (Å²) in [6.45, 7) is 0.240. The van der Waals surface area contributed by atoms with Gasteiger partial charge in [-0.2, -0.15) is 5.10 Å². The third kappa shape index (κ3) is 5.98. The van der Waals surface area contributed by atoms with Crippen LogP contribution in [0.4, 0.5) is 0 Å². The summed E-state index contributed by atoms with van der Waals surface area (Å²) in [6.07, 6.45) is 4.47. The van der Waals surface area contributed by atoms with E-state index in [4.69, 9.17) is 25.8 Å². The molecule has 1 aliphatic heterocycles. The van der Waals surface area contributed by atoms with Gasteiger partial charge in [0, 0.05) is 24.0 Å². The van der Waals surface area contributed by atoms with E-state index in [9.17, 15) is 9.59 Å². The summed E-state index contributed by atoms with van der Waals surface area (Å²) < 4.78 is 16.4. The van der Waals surface area contributed by atoms with Crippen LogP contribution < -0.4 is 25.0 Å². The van der Waals surface area contributed by atoms with Crippen molar-refractivity contribution in [2.24, 2.45) is 5.10 Å². The number of hydrogen-bond acceptors (Lipinski definition) is 7. The Hall–Kier alpha value is -4.11. The minimum atomic E-state index is -0.455. The Morgan fingerprint density at radius 2 is 1.94 bits per heavy atom. The van der Waals surface area contributed by atoms with Crippen LogP contribution in [0, 0.1) is 0 Å². The van der Waals surface area contributed by atoms with Crippen LogP contribution in [0.2, 0.25) is 5.02 Å². The molecule has 9 nitrogen and oxygen atoms in total. The summed E-state index contributed by atoms with van der Waals surface area (Å²) >= 11 is 6.26. The van der Waals surface area contributed by atoms with Crippen LogP contribution in [0.25, 0.3) is 0 Å². The molecular weight excluding hydrogens is 448 g/mol. The highest BCUT2D eigenvalue weighted by molar-refractivity contribution is 6.31. The molecule has 10 heteroatoms. The van der Waals surface area contributed by atoms with E-state index in [1.807, 2.05) is 0 Å². The second kappa shape index (κ2) is 10.5. The molecule has 0 bridgehead atoms. The van der Waals surface area contributed by atoms with Gasteiger partial charge in [-0.25, -0.2) is 5.43 Å². The predicted octanol–water partition coefficient (Wildman–Crippen LogP) is 2.92. The van der Waals surface area contributed by atoms with Crippen molar-refractivity contribution >= 4 is 29.6 Å². The van der Waals surface area contributed by atoms with Crippen LogP contribution in [0.15, 0.2) is 66.0 Å². The average molecular weight is 467 g/mol. The summed E-state index contributed by atoms with van der Waals surface area (Å²) in [7, 11) is 0. The standard InChI is InChI=1S/C23H19ClN4O5/c24-19-9-21-20(32-14-33-21)8-17(19)13-31-18-5-3-15(4-6-18)10-27-28-22(29)12-26-23(30)16-2-1-7-25-11-16/h1-11H,12-14H2,(H,26,30)(H,28,29)/b27-10+. The number of amides is 2. The van der Waals surface area contributed by atoms with Crippen molar-refractivity contribution in [3.8, 4) is 17.2 Å². The lowest BCUT2D eigenvalue weighted by atomic mass is 10.2. The number of benzene rings is 2. The van der Waals surface area contributed by atoms with E-state index in [-0.39, 0.29) is 25.9 Å². The maximum Gasteiger partial charge on any atom is 0.259 e. The first-order chi connectivity index (χ1) is 16.1. The van der Waals surface area contributed by atoms with Gasteiger partial charge in [-0.3, -0.25) is 14.6 Å². The number of aromatic nitrogens is 1. The number of hydrogen-bond donors (Lipinski definition) is 2. The molecule has 2 amide bonds. The van der Waals surface area contributed by atoms with Crippen LogP contribution in [-0.4, -0.2) is 36.4 Å². The van der Waals surface area contributed by atoms with Gasteiger partial charge in [0.05, 0.1) is 23.3 Å². The molecule has 1 aliphatic rings. The Morgan fingerprint density at radius 3 is 2.70 bits per heavy atom. The van der Waals surface area contributed by atoms with E-state index in [0.717, 1.165) is 11.1 Å². The molecule has 168 valence electrons. The van der Waals surface area contributed by atoms with Crippen LogP contribution in [0.5, 0.6) is 17.2 Å². The van der Waals surface area contributed by atoms with Gasteiger partial charge >= 0.3 is 0 Å². The molecule has 0 atom stereocenters. The van der Waals surface area contributed by atoms with Crippen LogP contribution in [0.3, 0.4) is 0 Å². The zero-order valence-electron chi connectivity index (χ0n) is 17.3. The van der Waals surface area contributed by atoms with Crippen molar-refractivity contribution in [3.05, 3.63) is 82.6 Å². The van der Waals surface area contributed by atoms with Gasteiger partial charge in [0.2, 0.25) is 6.79 Å². The maximum atomic E-state index is 11.9. The monoisotopic (exact) mass is 466 g/mol. The first kappa shape index (κ1) is 22.1. The van der Waals surface area contributed by atoms with Gasteiger partial charge in [-0.05, 0) is 48.0 Å². The van der Waals surface area contributed by atoms with Gasteiger partial charge in [0.1, 0.15) is 12.4 Å². The number of ether oxygens (including phenoxy) is 3. The Morgan fingerprint density at radius 1 is 1.15 bits per heavy atom. The molecule has 0 spiro atoms. The van der Waals surface area contributed by atoms with Crippen LogP contribution in [-0.2, 0) is 11.4 Å². The second-order valence-electron chi connectivity index (χ2n) is 6.87. The van der Waals surface area contributed by atoms with Gasteiger partial charge < -0.3 is 19.5 Å². The zero-order chi connectivity index (χ0) is 23.0. The minimum absolute atomic E-state index is 0.180. The Bertz CT molecular complexity index is 1170. The second-order valence-corrected chi connectivity index (χ2v) is 7.28. The van der Waals surface area contributed by atoms with E-state index in [1.54, 1.807) is 54.7 Å². The number of carbonyl (C=O) groups is 2. The number of halogens is 1. The fraction of sp³-hybridized carbons (Fsp3) is 0.130. The zero-order valence-corrected chi connectivity index (χ0v) is 18.0. The molecule has 1 aromatic heterocycles. The van der Waals surface area contributed by atoms with E-state index < -0.39 is 5.91 Å². The summed E-state index contributed by atoms with van der Waals surface area (Å²) in [6, 6.07) is 13.9. The topological polar surface area (TPSA) is 111 Å². The van der Waals surface area contributed by atoms with Gasteiger partial charge in [0.15, 0.2) is 11.5 Å². The molecule has 0 unspecified atom stereocenters. The van der Waals surface area contributed by atoms with Crippen molar-refractivity contribution in [3.63, 3.8) is 0 Å². The number of carbonyl (C=O) groups excluding carboxylic acids is 2. The number of nitrogens with zero attached hydrogens (tertiary/aromatic N) is 2. The SMILES string of the molecule is O=C(CNC(=O)c1cccnc1)N/N=C/c1ccc(OCc2cc3c(cc2Cl)OCO3)cc1. The largest absolute Gasteiger partial charge is 0.489 e. The molecule has 0 saturated carbocycles. The molecule has 0 radical (unpaired) electrons. The number of fused-ring (bicyclic) bond motifs is 1. The summed E-state index contributed by atoms with van der Waals surface area (Å²) in [5, 5.41) is 6.92. The lowest BCUT2D eigenvalue weighted by Crippen LogP contribution is -2.34. The van der Waals surface area contributed by atoms with Crippen molar-refractivity contribution in [2.45, 2.75) is 6.61 Å². The fourth-order valence-corrected chi connectivity index (χ4v) is 3.07. The Balaban J connectivity index is 1.22. The molecule has 2 N–H and O–H groups in total. The summed E-state index contributed by atoms with van der Waals surface area (Å²) in [4.78, 5) is 27.6. The van der Waals surface area contributed by atoms with E-state index in [2.05, 4.69) is 20.8 Å². The Kier molecular flexibility index (Phi) is 7.01. The molecule has 0 aliphatic carbocycles. The first-order valence-corrected chi connectivity index (χ1v) is 10.3. The fourth-order valence-electron chi connectivity index (χ4n) is 2.86. The number of hydrazone groups is 1. The maximum absolute atomic E-state index is 11.9. The highest BCUT2D eigenvalue weighted by Crippen LogP contribution is 2.37. The van der Waals surface area contributed by atoms with Gasteiger partial charge in [-0.15, -0.1) is 0 Å². The smallest absolute Gasteiger partial charge is 0.259 e. The third-order valence-electron chi connectivity index (χ3n) is 4.55. The van der Waals surface area contributed by atoms with E-state index in [0.29, 0.717) is 27.8 Å². The van der Waals surface area contributed by atoms with Crippen LogP contribution in [0.1, 0.15) is 21.5 Å². The average Bonchev–Trinajstić information content (AvgIpc) is 3.29. The van der Waals surface area contributed by atoms with E-state index in [1.165, 1.54) is 12.4 Å². The van der Waals surface area contributed by atoms with Crippen molar-refractivity contribution in [2.75, 3.05) is 13.3 Å². The summed E-state index contributed by atoms with van der Waals surface area (Å²) in [5.41, 5.74) is 4.27. The van der Waals surface area contributed by atoms with E-state index >= 15 is 0 Å².